The first-order valence-corrected chi connectivity index (χ1v) is 11.4. The first-order chi connectivity index (χ1) is 15.2. The van der Waals surface area contributed by atoms with Crippen molar-refractivity contribution in [3.63, 3.8) is 0 Å². The molecule has 8 nitrogen and oxygen atoms in total. The van der Waals surface area contributed by atoms with Gasteiger partial charge in [-0.2, -0.15) is 0 Å². The molecule has 8 heteroatoms. The van der Waals surface area contributed by atoms with E-state index in [-0.39, 0.29) is 6.03 Å². The first kappa shape index (κ1) is 20.2. The topological polar surface area (TPSA) is 71.9 Å². The van der Waals surface area contributed by atoms with Gasteiger partial charge in [0.1, 0.15) is 19.0 Å². The van der Waals surface area contributed by atoms with Crippen LogP contribution in [0.15, 0.2) is 18.2 Å². The van der Waals surface area contributed by atoms with Crippen LogP contribution in [-0.2, 0) is 26.1 Å². The Bertz CT molecular complexity index is 949. The lowest BCUT2D eigenvalue weighted by molar-refractivity contribution is 0.134. The standard InChI is InChI=1S/C23H31N5O3/c1-17-25-19(20-4-2-3-7-28(17)20)15-24-23(29)27-10-8-26(9-11-27)16-18-5-6-21-22(14-18)31-13-12-30-21/h5-6,14H,2-4,7-13,15-16H2,1H3,(H,24,29). The monoisotopic (exact) mass is 425 g/mol. The molecular formula is C23H31N5O3. The lowest BCUT2D eigenvalue weighted by atomic mass is 10.1. The molecule has 0 spiro atoms. The molecule has 0 radical (unpaired) electrons. The summed E-state index contributed by atoms with van der Waals surface area (Å²) in [6.45, 7) is 8.87. The van der Waals surface area contributed by atoms with Gasteiger partial charge in [-0.05, 0) is 43.9 Å². The summed E-state index contributed by atoms with van der Waals surface area (Å²) < 4.78 is 13.6. The SMILES string of the molecule is Cc1nc(CNC(=O)N2CCN(Cc3ccc4c(c3)OCCO4)CC2)c2n1CCCC2. The number of piperazine rings is 1. The predicted molar refractivity (Wildman–Crippen MR) is 116 cm³/mol. The molecule has 4 heterocycles. The zero-order chi connectivity index (χ0) is 21.2. The fraction of sp³-hybridized carbons (Fsp3) is 0.565. The molecule has 5 rings (SSSR count). The van der Waals surface area contributed by atoms with Crippen molar-refractivity contribution in [2.45, 2.75) is 45.8 Å². The van der Waals surface area contributed by atoms with Gasteiger partial charge in [-0.25, -0.2) is 9.78 Å². The number of carbonyl (C=O) groups excluding carboxylic acids is 1. The van der Waals surface area contributed by atoms with E-state index in [1.807, 2.05) is 11.0 Å². The third-order valence-corrected chi connectivity index (χ3v) is 6.47. The Kier molecular flexibility index (Phi) is 5.72. The second-order valence-corrected chi connectivity index (χ2v) is 8.56. The van der Waals surface area contributed by atoms with Gasteiger partial charge in [-0.1, -0.05) is 6.07 Å². The normalized spacial score (nSPS) is 18.5. The van der Waals surface area contributed by atoms with E-state index < -0.39 is 0 Å². The van der Waals surface area contributed by atoms with Crippen molar-refractivity contribution in [3.05, 3.63) is 41.0 Å². The van der Waals surface area contributed by atoms with Gasteiger partial charge >= 0.3 is 6.03 Å². The van der Waals surface area contributed by atoms with Gasteiger partial charge in [0.25, 0.3) is 0 Å². The van der Waals surface area contributed by atoms with Crippen molar-refractivity contribution in [2.24, 2.45) is 0 Å². The molecule has 0 unspecified atom stereocenters. The van der Waals surface area contributed by atoms with E-state index in [1.54, 1.807) is 0 Å². The van der Waals surface area contributed by atoms with Crippen LogP contribution in [-0.4, -0.2) is 64.8 Å². The fourth-order valence-corrected chi connectivity index (χ4v) is 4.78. The quantitative estimate of drug-likeness (QED) is 0.814. The summed E-state index contributed by atoms with van der Waals surface area (Å²) in [4.78, 5) is 21.7. The smallest absolute Gasteiger partial charge is 0.317 e. The van der Waals surface area contributed by atoms with Crippen LogP contribution in [0.25, 0.3) is 0 Å². The number of fused-ring (bicyclic) bond motifs is 2. The van der Waals surface area contributed by atoms with Crippen molar-refractivity contribution < 1.29 is 14.3 Å². The van der Waals surface area contributed by atoms with Crippen molar-refractivity contribution in [1.82, 2.24) is 24.7 Å². The molecule has 166 valence electrons. The van der Waals surface area contributed by atoms with Gasteiger partial charge in [0, 0.05) is 45.0 Å². The average Bonchev–Trinajstić information content (AvgIpc) is 3.13. The highest BCUT2D eigenvalue weighted by atomic mass is 16.6. The Labute approximate surface area is 183 Å². The van der Waals surface area contributed by atoms with Crippen LogP contribution in [0.5, 0.6) is 11.5 Å². The lowest BCUT2D eigenvalue weighted by Gasteiger charge is -2.34. The Morgan fingerprint density at radius 3 is 2.71 bits per heavy atom. The van der Waals surface area contributed by atoms with Gasteiger partial charge in [-0.15, -0.1) is 0 Å². The number of nitrogens with zero attached hydrogens (tertiary/aromatic N) is 4. The first-order valence-electron chi connectivity index (χ1n) is 11.4. The highest BCUT2D eigenvalue weighted by Crippen LogP contribution is 2.31. The molecule has 0 bridgehead atoms. The Balaban J connectivity index is 1.11. The molecule has 1 N–H and O–H groups in total. The second-order valence-electron chi connectivity index (χ2n) is 8.56. The summed E-state index contributed by atoms with van der Waals surface area (Å²) in [7, 11) is 0. The number of hydrogen-bond acceptors (Lipinski definition) is 5. The van der Waals surface area contributed by atoms with Crippen LogP contribution in [0.1, 0.15) is 35.6 Å². The van der Waals surface area contributed by atoms with Crippen LogP contribution in [0.4, 0.5) is 4.79 Å². The molecule has 2 aromatic rings. The van der Waals surface area contributed by atoms with Crippen molar-refractivity contribution in [1.29, 1.82) is 0 Å². The average molecular weight is 426 g/mol. The molecule has 0 aliphatic carbocycles. The van der Waals surface area contributed by atoms with Crippen LogP contribution < -0.4 is 14.8 Å². The molecule has 3 aliphatic heterocycles. The number of amides is 2. The Morgan fingerprint density at radius 1 is 1.06 bits per heavy atom. The van der Waals surface area contributed by atoms with E-state index in [2.05, 4.69) is 33.8 Å². The van der Waals surface area contributed by atoms with Crippen molar-refractivity contribution in [3.8, 4) is 11.5 Å². The van der Waals surface area contributed by atoms with E-state index in [4.69, 9.17) is 14.5 Å². The lowest BCUT2D eigenvalue weighted by Crippen LogP contribution is -2.51. The summed E-state index contributed by atoms with van der Waals surface area (Å²) in [5.41, 5.74) is 3.54. The van der Waals surface area contributed by atoms with Crippen LogP contribution >= 0.6 is 0 Å². The summed E-state index contributed by atoms with van der Waals surface area (Å²) >= 11 is 0. The number of aromatic nitrogens is 2. The highest BCUT2D eigenvalue weighted by molar-refractivity contribution is 5.74. The summed E-state index contributed by atoms with van der Waals surface area (Å²) in [5, 5.41) is 3.09. The fourth-order valence-electron chi connectivity index (χ4n) is 4.78. The summed E-state index contributed by atoms with van der Waals surface area (Å²) in [6, 6.07) is 6.17. The maximum Gasteiger partial charge on any atom is 0.317 e. The third-order valence-electron chi connectivity index (χ3n) is 6.47. The summed E-state index contributed by atoms with van der Waals surface area (Å²) in [5.74, 6) is 2.72. The number of imidazole rings is 1. The van der Waals surface area contributed by atoms with E-state index in [0.717, 1.165) is 68.7 Å². The number of nitrogens with one attached hydrogen (secondary N) is 1. The van der Waals surface area contributed by atoms with E-state index >= 15 is 0 Å². The maximum atomic E-state index is 12.7. The number of rotatable bonds is 4. The number of urea groups is 1. The number of hydrogen-bond donors (Lipinski definition) is 1. The molecule has 1 saturated heterocycles. The minimum atomic E-state index is 0.00851. The molecule has 2 amide bonds. The number of carbonyl (C=O) groups is 1. The van der Waals surface area contributed by atoms with Gasteiger partial charge < -0.3 is 24.3 Å². The number of benzene rings is 1. The predicted octanol–water partition coefficient (Wildman–Crippen LogP) is 2.33. The van der Waals surface area contributed by atoms with Crippen molar-refractivity contribution in [2.75, 3.05) is 39.4 Å². The molecule has 3 aliphatic rings. The molecule has 1 aromatic carbocycles. The zero-order valence-corrected chi connectivity index (χ0v) is 18.2. The molecule has 31 heavy (non-hydrogen) atoms. The van der Waals surface area contributed by atoms with Crippen LogP contribution in [0, 0.1) is 6.92 Å². The second kappa shape index (κ2) is 8.78. The van der Waals surface area contributed by atoms with E-state index in [9.17, 15) is 4.79 Å². The minimum Gasteiger partial charge on any atom is -0.486 e. The molecular weight excluding hydrogens is 394 g/mol. The molecule has 0 saturated carbocycles. The minimum absolute atomic E-state index is 0.00851. The van der Waals surface area contributed by atoms with E-state index in [0.29, 0.717) is 19.8 Å². The maximum absolute atomic E-state index is 12.7. The van der Waals surface area contributed by atoms with Gasteiger partial charge in [0.15, 0.2) is 11.5 Å². The van der Waals surface area contributed by atoms with Crippen LogP contribution in [0.2, 0.25) is 0 Å². The van der Waals surface area contributed by atoms with Gasteiger partial charge in [0.05, 0.1) is 12.2 Å². The molecule has 1 aromatic heterocycles. The van der Waals surface area contributed by atoms with E-state index in [1.165, 1.54) is 24.1 Å². The Hall–Kier alpha value is -2.74. The zero-order valence-electron chi connectivity index (χ0n) is 18.2. The highest BCUT2D eigenvalue weighted by Gasteiger charge is 2.23. The van der Waals surface area contributed by atoms with Gasteiger partial charge in [-0.3, -0.25) is 4.90 Å². The van der Waals surface area contributed by atoms with Crippen molar-refractivity contribution >= 4 is 6.03 Å². The number of aryl methyl sites for hydroxylation is 1. The Morgan fingerprint density at radius 2 is 1.87 bits per heavy atom. The third kappa shape index (κ3) is 4.35. The molecule has 1 fully saturated rings. The molecule has 0 atom stereocenters. The summed E-state index contributed by atoms with van der Waals surface area (Å²) in [6.07, 6.45) is 3.48. The largest absolute Gasteiger partial charge is 0.486 e. The van der Waals surface area contributed by atoms with Gasteiger partial charge in [0.2, 0.25) is 0 Å². The van der Waals surface area contributed by atoms with Crippen LogP contribution in [0.3, 0.4) is 0 Å². The number of ether oxygens (including phenoxy) is 2.